The number of aliphatic carboxylic acids is 1. The number of carbonyl (C=O) groups excluding carboxylic acids is 1. The van der Waals surface area contributed by atoms with Crippen LogP contribution < -0.4 is 0 Å². The summed E-state index contributed by atoms with van der Waals surface area (Å²) in [6, 6.07) is 6.04. The summed E-state index contributed by atoms with van der Waals surface area (Å²) in [4.78, 5) is 24.1. The van der Waals surface area contributed by atoms with Gasteiger partial charge < -0.3 is 54.7 Å². The molecule has 9 atom stereocenters. The van der Waals surface area contributed by atoms with Gasteiger partial charge in [-0.3, -0.25) is 0 Å². The summed E-state index contributed by atoms with van der Waals surface area (Å²) in [6.07, 6.45) is -5.59. The van der Waals surface area contributed by atoms with Crippen LogP contribution in [0, 0.1) is 11.8 Å². The van der Waals surface area contributed by atoms with Crippen molar-refractivity contribution >= 4 is 18.0 Å². The molecular formula is C25H30O13. The predicted octanol–water partition coefficient (Wildman–Crippen LogP) is -1.15. The monoisotopic (exact) mass is 538 g/mol. The standard InChI is InChI=1S/C25H30O13/c26-9-16-19(29)20(30)21(31)24(37-16)38-23-18-14(15(10-35-23)22(32)33)7-8-25(18,34)11-36-17(28)6-3-12-1-4-13(27)5-2-12/h1-6,10,14,16,18-21,23-24,26-27,29-31,34H,7-9,11H2,(H,32,33). The number of fused-ring (bicyclic) bond motifs is 1. The maximum absolute atomic E-state index is 12.3. The molecule has 0 spiro atoms. The van der Waals surface area contributed by atoms with Crippen LogP contribution in [0.2, 0.25) is 0 Å². The third-order valence-corrected chi connectivity index (χ3v) is 7.10. The number of carboxylic acids is 1. The van der Waals surface area contributed by atoms with Crippen LogP contribution in [-0.4, -0.2) is 103 Å². The highest BCUT2D eigenvalue weighted by atomic mass is 16.8. The summed E-state index contributed by atoms with van der Waals surface area (Å²) in [6.45, 7) is -1.22. The van der Waals surface area contributed by atoms with Crippen molar-refractivity contribution < 1.29 is 64.3 Å². The summed E-state index contributed by atoms with van der Waals surface area (Å²) in [5.41, 5.74) is -1.30. The Bertz CT molecular complexity index is 1070. The van der Waals surface area contributed by atoms with Gasteiger partial charge in [0.1, 0.15) is 42.4 Å². The fourth-order valence-electron chi connectivity index (χ4n) is 5.03. The molecule has 2 heterocycles. The van der Waals surface area contributed by atoms with Crippen molar-refractivity contribution in [1.82, 2.24) is 0 Å². The number of aliphatic hydroxyl groups is 5. The van der Waals surface area contributed by atoms with E-state index in [2.05, 4.69) is 0 Å². The van der Waals surface area contributed by atoms with Crippen molar-refractivity contribution in [2.45, 2.75) is 55.4 Å². The van der Waals surface area contributed by atoms with Crippen LogP contribution in [0.1, 0.15) is 18.4 Å². The Balaban J connectivity index is 1.49. The van der Waals surface area contributed by atoms with Crippen molar-refractivity contribution in [2.24, 2.45) is 11.8 Å². The number of esters is 1. The number of aliphatic hydroxyl groups excluding tert-OH is 4. The Morgan fingerprint density at radius 2 is 1.79 bits per heavy atom. The number of hydrogen-bond donors (Lipinski definition) is 7. The Morgan fingerprint density at radius 3 is 2.45 bits per heavy atom. The lowest BCUT2D eigenvalue weighted by atomic mass is 9.80. The van der Waals surface area contributed by atoms with E-state index in [-0.39, 0.29) is 24.2 Å². The minimum atomic E-state index is -1.79. The van der Waals surface area contributed by atoms with Crippen LogP contribution in [-0.2, 0) is 28.5 Å². The zero-order valence-corrected chi connectivity index (χ0v) is 20.1. The predicted molar refractivity (Wildman–Crippen MR) is 125 cm³/mol. The molecule has 1 aromatic carbocycles. The summed E-state index contributed by atoms with van der Waals surface area (Å²) in [5, 5.41) is 70.3. The SMILES string of the molecule is O=C(C=Cc1ccc(O)cc1)OCC1(O)CCC2C(C(=O)O)=COC(OC3OC(CO)C(O)C(O)C3O)C21. The lowest BCUT2D eigenvalue weighted by molar-refractivity contribution is -0.347. The molecule has 1 saturated heterocycles. The number of hydrogen-bond acceptors (Lipinski definition) is 12. The lowest BCUT2D eigenvalue weighted by Crippen LogP contribution is -2.61. The van der Waals surface area contributed by atoms with E-state index < -0.39 is 79.6 Å². The van der Waals surface area contributed by atoms with Gasteiger partial charge in [0.2, 0.25) is 6.29 Å². The second-order valence-corrected chi connectivity index (χ2v) is 9.52. The van der Waals surface area contributed by atoms with Crippen molar-refractivity contribution in [3.63, 3.8) is 0 Å². The molecule has 1 aliphatic carbocycles. The van der Waals surface area contributed by atoms with Crippen molar-refractivity contribution in [2.75, 3.05) is 13.2 Å². The maximum Gasteiger partial charge on any atom is 0.334 e. The van der Waals surface area contributed by atoms with E-state index in [0.717, 1.165) is 12.3 Å². The average molecular weight is 539 g/mol. The van der Waals surface area contributed by atoms with Gasteiger partial charge in [-0.2, -0.15) is 0 Å². The van der Waals surface area contributed by atoms with Crippen LogP contribution >= 0.6 is 0 Å². The van der Waals surface area contributed by atoms with Crippen molar-refractivity contribution in [3.8, 4) is 5.75 Å². The van der Waals surface area contributed by atoms with Gasteiger partial charge in [0.15, 0.2) is 6.29 Å². The molecule has 3 aliphatic rings. The molecule has 2 fully saturated rings. The van der Waals surface area contributed by atoms with Crippen LogP contribution in [0.5, 0.6) is 5.75 Å². The molecule has 9 unspecified atom stereocenters. The van der Waals surface area contributed by atoms with Gasteiger partial charge >= 0.3 is 11.9 Å². The fourth-order valence-corrected chi connectivity index (χ4v) is 5.03. The second kappa shape index (κ2) is 11.4. The first-order valence-electron chi connectivity index (χ1n) is 11.9. The molecule has 0 aromatic heterocycles. The summed E-state index contributed by atoms with van der Waals surface area (Å²) in [7, 11) is 0. The molecule has 208 valence electrons. The van der Waals surface area contributed by atoms with Gasteiger partial charge in [0.25, 0.3) is 0 Å². The van der Waals surface area contributed by atoms with E-state index in [1.807, 2.05) is 0 Å². The molecule has 13 nitrogen and oxygen atoms in total. The zero-order chi connectivity index (χ0) is 27.6. The molecule has 38 heavy (non-hydrogen) atoms. The number of benzene rings is 1. The van der Waals surface area contributed by atoms with E-state index in [1.165, 1.54) is 18.2 Å². The van der Waals surface area contributed by atoms with E-state index in [4.69, 9.17) is 18.9 Å². The summed E-state index contributed by atoms with van der Waals surface area (Å²) in [5.74, 6) is -3.85. The molecule has 0 radical (unpaired) electrons. The molecule has 2 aliphatic heterocycles. The molecule has 13 heteroatoms. The highest BCUT2D eigenvalue weighted by Gasteiger charge is 2.58. The Kier molecular flexibility index (Phi) is 8.37. The minimum absolute atomic E-state index is 0.0276. The van der Waals surface area contributed by atoms with E-state index >= 15 is 0 Å². The normalized spacial score (nSPS) is 36.8. The number of aromatic hydroxyl groups is 1. The lowest BCUT2D eigenvalue weighted by Gasteiger charge is -2.44. The maximum atomic E-state index is 12.3. The third kappa shape index (κ3) is 5.68. The molecule has 0 bridgehead atoms. The summed E-state index contributed by atoms with van der Waals surface area (Å²) < 4.78 is 21.8. The van der Waals surface area contributed by atoms with Crippen LogP contribution in [0.15, 0.2) is 42.2 Å². The molecule has 1 aromatic rings. The van der Waals surface area contributed by atoms with Crippen molar-refractivity contribution in [1.29, 1.82) is 0 Å². The van der Waals surface area contributed by atoms with Gasteiger partial charge in [-0.25, -0.2) is 9.59 Å². The fraction of sp³-hybridized carbons (Fsp3) is 0.520. The molecule has 1 saturated carbocycles. The van der Waals surface area contributed by atoms with Crippen LogP contribution in [0.25, 0.3) is 6.08 Å². The average Bonchev–Trinajstić information content (AvgIpc) is 3.25. The largest absolute Gasteiger partial charge is 0.508 e. The summed E-state index contributed by atoms with van der Waals surface area (Å²) >= 11 is 0. The third-order valence-electron chi connectivity index (χ3n) is 7.10. The van der Waals surface area contributed by atoms with Crippen LogP contribution in [0.3, 0.4) is 0 Å². The molecule has 4 rings (SSSR count). The number of rotatable bonds is 8. The number of ether oxygens (including phenoxy) is 4. The zero-order valence-electron chi connectivity index (χ0n) is 20.1. The number of phenols is 1. The Labute approximate surface area is 216 Å². The van der Waals surface area contributed by atoms with E-state index in [0.29, 0.717) is 5.56 Å². The number of carboxylic acid groups (broad SMARTS) is 1. The smallest absolute Gasteiger partial charge is 0.334 e. The number of carbonyl (C=O) groups is 2. The first-order chi connectivity index (χ1) is 18.0. The van der Waals surface area contributed by atoms with Crippen molar-refractivity contribution in [3.05, 3.63) is 47.7 Å². The first-order valence-corrected chi connectivity index (χ1v) is 11.9. The van der Waals surface area contributed by atoms with Crippen LogP contribution in [0.4, 0.5) is 0 Å². The molecule has 7 N–H and O–H groups in total. The topological polar surface area (TPSA) is 213 Å². The van der Waals surface area contributed by atoms with E-state index in [9.17, 15) is 45.3 Å². The van der Waals surface area contributed by atoms with Gasteiger partial charge in [-0.1, -0.05) is 12.1 Å². The van der Waals surface area contributed by atoms with E-state index in [1.54, 1.807) is 12.1 Å². The highest BCUT2D eigenvalue weighted by molar-refractivity contribution is 5.87. The quantitative estimate of drug-likeness (QED) is 0.154. The van der Waals surface area contributed by atoms with Gasteiger partial charge in [0.05, 0.1) is 24.4 Å². The molecular weight excluding hydrogens is 508 g/mol. The minimum Gasteiger partial charge on any atom is -0.508 e. The van der Waals surface area contributed by atoms with Gasteiger partial charge in [-0.15, -0.1) is 0 Å². The highest BCUT2D eigenvalue weighted by Crippen LogP contribution is 2.49. The Hall–Kier alpha value is -3.04. The Morgan fingerprint density at radius 1 is 1.08 bits per heavy atom. The van der Waals surface area contributed by atoms with Gasteiger partial charge in [-0.05, 0) is 36.6 Å². The first kappa shape index (κ1) is 28.0. The second-order valence-electron chi connectivity index (χ2n) is 9.52. The molecule has 0 amide bonds. The number of phenolic OH excluding ortho intramolecular Hbond substituents is 1. The van der Waals surface area contributed by atoms with Gasteiger partial charge in [0, 0.05) is 12.0 Å².